The molecule has 2 N–H and O–H groups in total. The number of nitrogens with one attached hydrogen (secondary N) is 2. The molecule has 0 radical (unpaired) electrons. The van der Waals surface area contributed by atoms with E-state index >= 15 is 0 Å². The van der Waals surface area contributed by atoms with Crippen LogP contribution in [0.4, 0.5) is 18.9 Å². The highest BCUT2D eigenvalue weighted by atomic mass is 19.4. The van der Waals surface area contributed by atoms with Crippen molar-refractivity contribution in [1.29, 1.82) is 0 Å². The highest BCUT2D eigenvalue weighted by Crippen LogP contribution is 2.47. The number of carbonyl (C=O) groups is 2. The molecular weight excluding hydrogens is 523 g/mol. The minimum Gasteiger partial charge on any atom is -0.466 e. The number of likely N-dealkylation sites (tertiary alicyclic amines) is 1. The van der Waals surface area contributed by atoms with Gasteiger partial charge in [0.05, 0.1) is 29.9 Å². The van der Waals surface area contributed by atoms with Gasteiger partial charge in [-0.05, 0) is 75.3 Å². The monoisotopic (exact) mass is 555 g/mol. The number of ether oxygens (including phenoxy) is 2. The van der Waals surface area contributed by atoms with Crippen molar-refractivity contribution in [1.82, 2.24) is 10.2 Å². The van der Waals surface area contributed by atoms with Crippen LogP contribution in [0.1, 0.15) is 24.0 Å². The van der Waals surface area contributed by atoms with Crippen molar-refractivity contribution in [2.24, 2.45) is 0 Å². The third-order valence-corrected chi connectivity index (χ3v) is 7.83. The molecule has 7 nitrogen and oxygen atoms in total. The summed E-state index contributed by atoms with van der Waals surface area (Å²) in [4.78, 5) is 29.1. The normalized spacial score (nSPS) is 23.8. The number of anilines is 1. The fourth-order valence-corrected chi connectivity index (χ4v) is 5.68. The first-order valence-corrected chi connectivity index (χ1v) is 13.3. The van der Waals surface area contributed by atoms with Crippen LogP contribution in [0, 0.1) is 0 Å². The van der Waals surface area contributed by atoms with Crippen molar-refractivity contribution in [3.63, 3.8) is 0 Å². The molecule has 2 bridgehead atoms. The molecule has 5 rings (SSSR count). The lowest BCUT2D eigenvalue weighted by Crippen LogP contribution is -2.50. The molecule has 0 aromatic heterocycles. The van der Waals surface area contributed by atoms with Gasteiger partial charge in [0, 0.05) is 11.7 Å². The number of methoxy groups -OCH3 is 1. The van der Waals surface area contributed by atoms with Crippen LogP contribution in [0.2, 0.25) is 0 Å². The molecule has 3 atom stereocenters. The summed E-state index contributed by atoms with van der Waals surface area (Å²) in [6.07, 6.45) is 0.0837. The molecule has 212 valence electrons. The largest absolute Gasteiger partial charge is 0.466 e. The second kappa shape index (κ2) is 11.1. The number of carbonyl (C=O) groups excluding carboxylic acids is 2. The minimum absolute atomic E-state index is 0.0282. The molecule has 0 saturated carbocycles. The number of benzene rings is 2. The SMILES string of the molecule is COC(=O)C1=C(C(=O)NC2CCN(C)CC2)C2C=CC1(C(Cc1ccc(C(F)(F)F)cc1)Nc1ccccc1)O2. The number of para-hydroxylation sites is 1. The summed E-state index contributed by atoms with van der Waals surface area (Å²) >= 11 is 0. The summed E-state index contributed by atoms with van der Waals surface area (Å²) in [7, 11) is 3.28. The van der Waals surface area contributed by atoms with Gasteiger partial charge in [0.2, 0.25) is 0 Å². The predicted molar refractivity (Wildman–Crippen MR) is 143 cm³/mol. The van der Waals surface area contributed by atoms with Crippen molar-refractivity contribution >= 4 is 17.6 Å². The van der Waals surface area contributed by atoms with Crippen molar-refractivity contribution in [3.05, 3.63) is 89.0 Å². The maximum atomic E-state index is 13.6. The first kappa shape index (κ1) is 27.9. The number of fused-ring (bicyclic) bond motifs is 2. The van der Waals surface area contributed by atoms with Crippen LogP contribution in [0.25, 0.3) is 0 Å². The first-order valence-electron chi connectivity index (χ1n) is 13.3. The Morgan fingerprint density at radius 3 is 2.40 bits per heavy atom. The fraction of sp³-hybridized carbons (Fsp3) is 0.400. The number of piperidine rings is 1. The highest BCUT2D eigenvalue weighted by molar-refractivity contribution is 6.07. The Balaban J connectivity index is 1.51. The van der Waals surface area contributed by atoms with Crippen LogP contribution < -0.4 is 10.6 Å². The summed E-state index contributed by atoms with van der Waals surface area (Å²) < 4.78 is 51.1. The van der Waals surface area contributed by atoms with Gasteiger partial charge < -0.3 is 25.0 Å². The molecule has 2 aromatic carbocycles. The third-order valence-electron chi connectivity index (χ3n) is 7.83. The van der Waals surface area contributed by atoms with Crippen molar-refractivity contribution in [2.75, 3.05) is 32.6 Å². The number of halogens is 3. The van der Waals surface area contributed by atoms with Gasteiger partial charge in [-0.3, -0.25) is 4.79 Å². The minimum atomic E-state index is -4.45. The molecule has 2 aromatic rings. The summed E-state index contributed by atoms with van der Waals surface area (Å²) in [5, 5.41) is 6.49. The smallest absolute Gasteiger partial charge is 0.416 e. The van der Waals surface area contributed by atoms with Crippen LogP contribution in [0.3, 0.4) is 0 Å². The lowest BCUT2D eigenvalue weighted by molar-refractivity contribution is -0.138. The van der Waals surface area contributed by atoms with Gasteiger partial charge in [-0.2, -0.15) is 13.2 Å². The predicted octanol–water partition coefficient (Wildman–Crippen LogP) is 4.12. The Morgan fingerprint density at radius 1 is 1.10 bits per heavy atom. The van der Waals surface area contributed by atoms with Crippen LogP contribution in [-0.4, -0.2) is 67.8 Å². The van der Waals surface area contributed by atoms with Crippen molar-refractivity contribution in [2.45, 2.75) is 49.2 Å². The van der Waals surface area contributed by atoms with Crippen molar-refractivity contribution < 1.29 is 32.2 Å². The van der Waals surface area contributed by atoms with Crippen LogP contribution in [0.5, 0.6) is 0 Å². The van der Waals surface area contributed by atoms with E-state index in [2.05, 4.69) is 15.5 Å². The van der Waals surface area contributed by atoms with E-state index in [1.54, 1.807) is 12.2 Å². The van der Waals surface area contributed by atoms with E-state index in [0.29, 0.717) is 5.56 Å². The van der Waals surface area contributed by atoms with E-state index in [1.165, 1.54) is 19.2 Å². The van der Waals surface area contributed by atoms with E-state index in [-0.39, 0.29) is 29.5 Å². The standard InChI is InChI=1S/C30H32F3N3O4/c1-36-16-13-22(14-17-36)35-27(37)25-23-12-15-29(40-23,26(25)28(38)39-2)24(34-21-6-4-3-5-7-21)18-19-8-10-20(11-9-19)30(31,32)33/h3-12,15,22-24,34H,13-14,16-18H2,1-2H3,(H,35,37). The van der Waals surface area contributed by atoms with Crippen LogP contribution in [-0.2, 0) is 31.7 Å². The zero-order valence-corrected chi connectivity index (χ0v) is 22.3. The Bertz CT molecular complexity index is 1300. The second-order valence-corrected chi connectivity index (χ2v) is 10.5. The number of hydrogen-bond donors (Lipinski definition) is 2. The molecule has 1 amide bonds. The lowest BCUT2D eigenvalue weighted by Gasteiger charge is -2.36. The second-order valence-electron chi connectivity index (χ2n) is 10.5. The van der Waals surface area contributed by atoms with Gasteiger partial charge in [0.25, 0.3) is 5.91 Å². The summed E-state index contributed by atoms with van der Waals surface area (Å²) in [5.74, 6) is -1.06. The molecule has 10 heteroatoms. The Morgan fingerprint density at radius 2 is 1.77 bits per heavy atom. The molecule has 0 aliphatic carbocycles. The molecular formula is C30H32F3N3O4. The molecule has 1 fully saturated rings. The van der Waals surface area contributed by atoms with Gasteiger partial charge in [-0.25, -0.2) is 4.79 Å². The Labute approximate surface area is 231 Å². The molecule has 3 aliphatic rings. The molecule has 3 unspecified atom stereocenters. The first-order chi connectivity index (χ1) is 19.1. The highest BCUT2D eigenvalue weighted by Gasteiger charge is 2.58. The van der Waals surface area contributed by atoms with Gasteiger partial charge in [0.15, 0.2) is 0 Å². The summed E-state index contributed by atoms with van der Waals surface area (Å²) in [6, 6.07) is 13.4. The fourth-order valence-electron chi connectivity index (χ4n) is 5.68. The number of nitrogens with zero attached hydrogens (tertiary/aromatic N) is 1. The summed E-state index contributed by atoms with van der Waals surface area (Å²) in [5.41, 5.74) is -0.486. The topological polar surface area (TPSA) is 79.9 Å². The molecule has 3 aliphatic heterocycles. The molecule has 3 heterocycles. The number of alkyl halides is 3. The van der Waals surface area contributed by atoms with Gasteiger partial charge in [-0.15, -0.1) is 0 Å². The third kappa shape index (κ3) is 5.51. The number of hydrogen-bond acceptors (Lipinski definition) is 6. The Hall–Kier alpha value is -3.63. The van der Waals surface area contributed by atoms with E-state index < -0.39 is 35.5 Å². The number of amides is 1. The quantitative estimate of drug-likeness (QED) is 0.377. The molecule has 0 spiro atoms. The van der Waals surface area contributed by atoms with Crippen LogP contribution in [0.15, 0.2) is 77.9 Å². The van der Waals surface area contributed by atoms with Crippen molar-refractivity contribution in [3.8, 4) is 0 Å². The van der Waals surface area contributed by atoms with Gasteiger partial charge in [-0.1, -0.05) is 36.4 Å². The zero-order valence-electron chi connectivity index (χ0n) is 22.3. The average Bonchev–Trinajstić information content (AvgIpc) is 3.52. The van der Waals surface area contributed by atoms with E-state index in [1.807, 2.05) is 37.4 Å². The average molecular weight is 556 g/mol. The van der Waals surface area contributed by atoms with E-state index in [9.17, 15) is 22.8 Å². The maximum absolute atomic E-state index is 13.6. The maximum Gasteiger partial charge on any atom is 0.416 e. The lowest BCUT2D eigenvalue weighted by atomic mass is 9.78. The zero-order chi connectivity index (χ0) is 28.5. The molecule has 1 saturated heterocycles. The van der Waals surface area contributed by atoms with Gasteiger partial charge in [0.1, 0.15) is 11.7 Å². The summed E-state index contributed by atoms with van der Waals surface area (Å²) in [6.45, 7) is 1.71. The number of rotatable bonds is 8. The Kier molecular flexibility index (Phi) is 7.74. The number of esters is 1. The van der Waals surface area contributed by atoms with Gasteiger partial charge >= 0.3 is 12.1 Å². The molecule has 40 heavy (non-hydrogen) atoms. The van der Waals surface area contributed by atoms with Crippen LogP contribution >= 0.6 is 0 Å². The van der Waals surface area contributed by atoms with E-state index in [0.717, 1.165) is 43.8 Å². The van der Waals surface area contributed by atoms with E-state index in [4.69, 9.17) is 9.47 Å².